The van der Waals surface area contributed by atoms with Gasteiger partial charge in [0.25, 0.3) is 0 Å². The number of nitrogens with zero attached hydrogens (tertiary/aromatic N) is 1. The van der Waals surface area contributed by atoms with Crippen molar-refractivity contribution in [3.05, 3.63) is 29.8 Å². The topological polar surface area (TPSA) is 66.6 Å². The fraction of sp³-hybridized carbons (Fsp3) is 0.462. The highest BCUT2D eigenvalue weighted by atomic mass is 16.3. The Balaban J connectivity index is 2.52. The molecule has 4 heteroatoms. The number of carbonyl (C=O) groups is 1. The van der Waals surface area contributed by atoms with Crippen LogP contribution < -0.4 is 5.73 Å². The van der Waals surface area contributed by atoms with Gasteiger partial charge in [-0.15, -0.1) is 0 Å². The number of rotatable bonds is 5. The molecule has 17 heavy (non-hydrogen) atoms. The maximum Gasteiger partial charge on any atom is 0.226 e. The maximum absolute atomic E-state index is 11.9. The molecule has 0 radical (unpaired) electrons. The predicted octanol–water partition coefficient (Wildman–Crippen LogP) is 1.04. The summed E-state index contributed by atoms with van der Waals surface area (Å²) < 4.78 is 0. The second kappa shape index (κ2) is 6.25. The van der Waals surface area contributed by atoms with Gasteiger partial charge < -0.3 is 15.7 Å². The van der Waals surface area contributed by atoms with Gasteiger partial charge in [-0.3, -0.25) is 4.79 Å². The Hall–Kier alpha value is -1.55. The van der Waals surface area contributed by atoms with Gasteiger partial charge in [0.1, 0.15) is 0 Å². The van der Waals surface area contributed by atoms with Crippen LogP contribution in [0.5, 0.6) is 0 Å². The number of para-hydroxylation sites is 1. The van der Waals surface area contributed by atoms with Gasteiger partial charge in [0.15, 0.2) is 0 Å². The van der Waals surface area contributed by atoms with Crippen molar-refractivity contribution in [3.8, 4) is 0 Å². The van der Waals surface area contributed by atoms with E-state index in [0.717, 1.165) is 5.56 Å². The molecule has 1 amide bonds. The molecule has 1 atom stereocenters. The molecule has 1 rings (SSSR count). The van der Waals surface area contributed by atoms with Crippen LogP contribution in [0.25, 0.3) is 0 Å². The third-order valence-corrected chi connectivity index (χ3v) is 2.70. The Morgan fingerprint density at radius 1 is 1.47 bits per heavy atom. The van der Waals surface area contributed by atoms with E-state index in [0.29, 0.717) is 25.1 Å². The van der Waals surface area contributed by atoms with Crippen LogP contribution in [0.2, 0.25) is 0 Å². The third kappa shape index (κ3) is 4.44. The van der Waals surface area contributed by atoms with E-state index in [-0.39, 0.29) is 12.0 Å². The molecule has 1 aromatic carbocycles. The molecule has 0 aliphatic heterocycles. The summed E-state index contributed by atoms with van der Waals surface area (Å²) in [4.78, 5) is 13.5. The van der Waals surface area contributed by atoms with Crippen molar-refractivity contribution in [3.63, 3.8) is 0 Å². The highest BCUT2D eigenvalue weighted by Crippen LogP contribution is 2.12. The van der Waals surface area contributed by atoms with Crippen LogP contribution in [0.3, 0.4) is 0 Å². The lowest BCUT2D eigenvalue weighted by Gasteiger charge is -2.18. The first-order valence-electron chi connectivity index (χ1n) is 5.76. The molecule has 0 spiro atoms. The molecular formula is C13H20N2O2. The first kappa shape index (κ1) is 13.5. The zero-order valence-corrected chi connectivity index (χ0v) is 10.4. The number of benzene rings is 1. The summed E-state index contributed by atoms with van der Waals surface area (Å²) >= 11 is 0. The number of likely N-dealkylation sites (N-methyl/N-ethyl adjacent to an activating group) is 1. The smallest absolute Gasteiger partial charge is 0.226 e. The van der Waals surface area contributed by atoms with E-state index in [1.54, 1.807) is 24.9 Å². The largest absolute Gasteiger partial charge is 0.398 e. The average Bonchev–Trinajstić information content (AvgIpc) is 2.28. The minimum absolute atomic E-state index is 0.0172. The standard InChI is InChI=1S/C13H20N2O2/c1-10(16)7-8-15(2)13(17)9-11-5-3-4-6-12(11)14/h3-6,10,16H,7-9,14H2,1-2H3. The Bertz CT molecular complexity index is 377. The van der Waals surface area contributed by atoms with Crippen LogP contribution >= 0.6 is 0 Å². The zero-order chi connectivity index (χ0) is 12.8. The van der Waals surface area contributed by atoms with Gasteiger partial charge in [-0.1, -0.05) is 18.2 Å². The molecule has 0 fully saturated rings. The average molecular weight is 236 g/mol. The van der Waals surface area contributed by atoms with Crippen molar-refractivity contribution < 1.29 is 9.90 Å². The SMILES string of the molecule is CC(O)CCN(C)C(=O)Cc1ccccc1N. The van der Waals surface area contributed by atoms with Gasteiger partial charge >= 0.3 is 0 Å². The summed E-state index contributed by atoms with van der Waals surface area (Å²) in [5, 5.41) is 9.16. The van der Waals surface area contributed by atoms with E-state index in [9.17, 15) is 4.79 Å². The molecule has 0 heterocycles. The number of nitrogens with two attached hydrogens (primary N) is 1. The second-order valence-electron chi connectivity index (χ2n) is 4.33. The first-order valence-corrected chi connectivity index (χ1v) is 5.76. The maximum atomic E-state index is 11.9. The number of aliphatic hydroxyl groups excluding tert-OH is 1. The van der Waals surface area contributed by atoms with Gasteiger partial charge in [0.05, 0.1) is 12.5 Å². The van der Waals surface area contributed by atoms with E-state index in [1.807, 2.05) is 18.2 Å². The molecule has 0 saturated heterocycles. The van der Waals surface area contributed by atoms with E-state index in [2.05, 4.69) is 0 Å². The van der Waals surface area contributed by atoms with Gasteiger partial charge in [-0.25, -0.2) is 0 Å². The molecule has 0 aromatic heterocycles. The molecule has 4 nitrogen and oxygen atoms in total. The normalized spacial score (nSPS) is 12.2. The minimum Gasteiger partial charge on any atom is -0.398 e. The van der Waals surface area contributed by atoms with E-state index >= 15 is 0 Å². The van der Waals surface area contributed by atoms with E-state index in [1.165, 1.54) is 0 Å². The van der Waals surface area contributed by atoms with Crippen molar-refractivity contribution in [2.45, 2.75) is 25.9 Å². The molecule has 94 valence electrons. The summed E-state index contributed by atoms with van der Waals surface area (Å²) in [6, 6.07) is 7.36. The van der Waals surface area contributed by atoms with Crippen LogP contribution in [0.1, 0.15) is 18.9 Å². The van der Waals surface area contributed by atoms with Gasteiger partial charge in [0.2, 0.25) is 5.91 Å². The van der Waals surface area contributed by atoms with Gasteiger partial charge in [-0.2, -0.15) is 0 Å². The Kier molecular flexibility index (Phi) is 4.97. The second-order valence-corrected chi connectivity index (χ2v) is 4.33. The number of carbonyl (C=O) groups excluding carboxylic acids is 1. The highest BCUT2D eigenvalue weighted by Gasteiger charge is 2.11. The minimum atomic E-state index is -0.382. The van der Waals surface area contributed by atoms with Crippen LogP contribution in [0.15, 0.2) is 24.3 Å². The lowest BCUT2D eigenvalue weighted by molar-refractivity contribution is -0.129. The quantitative estimate of drug-likeness (QED) is 0.751. The molecular weight excluding hydrogens is 216 g/mol. The highest BCUT2D eigenvalue weighted by molar-refractivity contribution is 5.80. The molecule has 0 bridgehead atoms. The Morgan fingerprint density at radius 2 is 2.12 bits per heavy atom. The third-order valence-electron chi connectivity index (χ3n) is 2.70. The lowest BCUT2D eigenvalue weighted by Crippen LogP contribution is -2.30. The number of hydrogen-bond acceptors (Lipinski definition) is 3. The molecule has 0 saturated carbocycles. The van der Waals surface area contributed by atoms with Crippen LogP contribution in [0.4, 0.5) is 5.69 Å². The summed E-state index contributed by atoms with van der Waals surface area (Å²) in [6.07, 6.45) is 0.516. The number of hydrogen-bond donors (Lipinski definition) is 2. The van der Waals surface area contributed by atoms with Gasteiger partial charge in [0, 0.05) is 19.3 Å². The van der Waals surface area contributed by atoms with E-state index in [4.69, 9.17) is 10.8 Å². The molecule has 1 aromatic rings. The van der Waals surface area contributed by atoms with Crippen LogP contribution in [-0.2, 0) is 11.2 Å². The summed E-state index contributed by atoms with van der Waals surface area (Å²) in [5.41, 5.74) is 7.27. The summed E-state index contributed by atoms with van der Waals surface area (Å²) in [6.45, 7) is 2.27. The Morgan fingerprint density at radius 3 is 2.71 bits per heavy atom. The van der Waals surface area contributed by atoms with Crippen LogP contribution in [-0.4, -0.2) is 35.6 Å². The number of aliphatic hydroxyl groups is 1. The number of anilines is 1. The summed E-state index contributed by atoms with van der Waals surface area (Å²) in [5.74, 6) is 0.0172. The monoisotopic (exact) mass is 236 g/mol. The van der Waals surface area contributed by atoms with E-state index < -0.39 is 0 Å². The molecule has 1 unspecified atom stereocenters. The van der Waals surface area contributed by atoms with Crippen molar-refractivity contribution in [2.75, 3.05) is 19.3 Å². The molecule has 0 aliphatic rings. The van der Waals surface area contributed by atoms with Crippen molar-refractivity contribution >= 4 is 11.6 Å². The fourth-order valence-electron chi connectivity index (χ4n) is 1.50. The predicted molar refractivity (Wildman–Crippen MR) is 68.5 cm³/mol. The summed E-state index contributed by atoms with van der Waals surface area (Å²) in [7, 11) is 1.74. The van der Waals surface area contributed by atoms with Crippen LogP contribution in [0, 0.1) is 0 Å². The van der Waals surface area contributed by atoms with Crippen molar-refractivity contribution in [1.82, 2.24) is 4.90 Å². The van der Waals surface area contributed by atoms with Gasteiger partial charge in [-0.05, 0) is 25.0 Å². The Labute approximate surface area is 102 Å². The molecule has 3 N–H and O–H groups in total. The van der Waals surface area contributed by atoms with Crippen molar-refractivity contribution in [2.24, 2.45) is 0 Å². The number of amides is 1. The number of nitrogen functional groups attached to an aromatic ring is 1. The fourth-order valence-corrected chi connectivity index (χ4v) is 1.50. The lowest BCUT2D eigenvalue weighted by atomic mass is 10.1. The zero-order valence-electron chi connectivity index (χ0n) is 10.4. The van der Waals surface area contributed by atoms with Crippen molar-refractivity contribution in [1.29, 1.82) is 0 Å². The molecule has 0 aliphatic carbocycles. The first-order chi connectivity index (χ1) is 8.00.